The van der Waals surface area contributed by atoms with Gasteiger partial charge in [-0.1, -0.05) is 26.5 Å². The monoisotopic (exact) mass is 226 g/mol. The summed E-state index contributed by atoms with van der Waals surface area (Å²) in [7, 11) is 0. The molecule has 2 amide bonds. The highest BCUT2D eigenvalue weighted by atomic mass is 16.6. The number of carbonyl (C=O) groups excluding carboxylic acids is 2. The maximum atomic E-state index is 11.5. The Kier molecular flexibility index (Phi) is 4.34. The van der Waals surface area contributed by atoms with Crippen LogP contribution in [0.15, 0.2) is 12.7 Å². The normalized spacial score (nSPS) is 20.6. The molecule has 0 unspecified atom stereocenters. The molecule has 1 aliphatic rings. The van der Waals surface area contributed by atoms with Crippen molar-refractivity contribution < 1.29 is 14.3 Å². The molecule has 0 aromatic carbocycles. The van der Waals surface area contributed by atoms with Crippen LogP contribution >= 0.6 is 0 Å². The Morgan fingerprint density at radius 3 is 3.00 bits per heavy atom. The van der Waals surface area contributed by atoms with Gasteiger partial charge in [0.15, 0.2) is 0 Å². The third kappa shape index (κ3) is 3.25. The van der Waals surface area contributed by atoms with Gasteiger partial charge in [-0.15, -0.1) is 0 Å². The van der Waals surface area contributed by atoms with Crippen molar-refractivity contribution in [3.63, 3.8) is 0 Å². The van der Waals surface area contributed by atoms with Crippen molar-refractivity contribution in [3.05, 3.63) is 12.7 Å². The van der Waals surface area contributed by atoms with Crippen LogP contribution in [0.5, 0.6) is 0 Å². The first-order valence-electron chi connectivity index (χ1n) is 5.36. The van der Waals surface area contributed by atoms with Crippen LogP contribution in [-0.2, 0) is 9.53 Å². The van der Waals surface area contributed by atoms with Gasteiger partial charge in [-0.2, -0.15) is 0 Å². The lowest BCUT2D eigenvalue weighted by Gasteiger charge is -2.34. The molecule has 0 spiro atoms. The van der Waals surface area contributed by atoms with Crippen molar-refractivity contribution in [1.82, 2.24) is 10.2 Å². The molecule has 0 aromatic rings. The van der Waals surface area contributed by atoms with Crippen LogP contribution in [0.3, 0.4) is 0 Å². The molecule has 0 saturated carbocycles. The summed E-state index contributed by atoms with van der Waals surface area (Å²) >= 11 is 0. The highest BCUT2D eigenvalue weighted by Crippen LogP contribution is 2.09. The summed E-state index contributed by atoms with van der Waals surface area (Å²) in [5.41, 5.74) is 0. The predicted octanol–water partition coefficient (Wildman–Crippen LogP) is 0.765. The summed E-state index contributed by atoms with van der Waals surface area (Å²) in [4.78, 5) is 24.4. The fraction of sp³-hybridized carbons (Fsp3) is 0.636. The molecule has 0 bridgehead atoms. The molecule has 1 heterocycles. The van der Waals surface area contributed by atoms with Crippen molar-refractivity contribution in [2.45, 2.75) is 19.9 Å². The van der Waals surface area contributed by atoms with Crippen molar-refractivity contribution in [1.29, 1.82) is 0 Å². The Labute approximate surface area is 95.4 Å². The van der Waals surface area contributed by atoms with Gasteiger partial charge in [-0.05, 0) is 5.92 Å². The van der Waals surface area contributed by atoms with E-state index < -0.39 is 6.09 Å². The van der Waals surface area contributed by atoms with Crippen LogP contribution in [-0.4, -0.2) is 42.6 Å². The fourth-order valence-corrected chi connectivity index (χ4v) is 1.51. The molecular formula is C11H18N2O3. The highest BCUT2D eigenvalue weighted by molar-refractivity contribution is 5.83. The van der Waals surface area contributed by atoms with Crippen LogP contribution in [0.1, 0.15) is 13.8 Å². The number of hydrogen-bond donors (Lipinski definition) is 1. The average Bonchev–Trinajstić information content (AvgIpc) is 2.24. The molecule has 1 atom stereocenters. The molecule has 1 N–H and O–H groups in total. The van der Waals surface area contributed by atoms with Crippen molar-refractivity contribution >= 4 is 12.0 Å². The zero-order chi connectivity index (χ0) is 12.1. The zero-order valence-electron chi connectivity index (χ0n) is 9.73. The third-order valence-electron chi connectivity index (χ3n) is 2.49. The maximum absolute atomic E-state index is 11.5. The van der Waals surface area contributed by atoms with Gasteiger partial charge in [0.25, 0.3) is 0 Å². The maximum Gasteiger partial charge on any atom is 0.410 e. The molecule has 1 saturated heterocycles. The highest BCUT2D eigenvalue weighted by Gasteiger charge is 2.30. The SMILES string of the molecule is C=CCOC(=O)N1CC(=O)N[C@@H](C(C)C)C1. The van der Waals surface area contributed by atoms with E-state index in [4.69, 9.17) is 4.74 Å². The summed E-state index contributed by atoms with van der Waals surface area (Å²) in [6, 6.07) is -0.00229. The van der Waals surface area contributed by atoms with Gasteiger partial charge in [0.05, 0.1) is 0 Å². The Bertz CT molecular complexity index is 289. The quantitative estimate of drug-likeness (QED) is 0.723. The van der Waals surface area contributed by atoms with E-state index in [-0.39, 0.29) is 25.1 Å². The lowest BCUT2D eigenvalue weighted by molar-refractivity contribution is -0.125. The summed E-state index contributed by atoms with van der Waals surface area (Å²) in [6.07, 6.45) is 1.04. The standard InChI is InChI=1S/C11H18N2O3/c1-4-5-16-11(15)13-6-9(8(2)3)12-10(14)7-13/h4,8-9H,1,5-7H2,2-3H3,(H,12,14)/t9-/m1/s1. The number of amides is 2. The van der Waals surface area contributed by atoms with E-state index >= 15 is 0 Å². The van der Waals surface area contributed by atoms with Crippen molar-refractivity contribution in [3.8, 4) is 0 Å². The minimum absolute atomic E-state index is 0.00229. The molecule has 0 aromatic heterocycles. The largest absolute Gasteiger partial charge is 0.445 e. The summed E-state index contributed by atoms with van der Waals surface area (Å²) in [5, 5.41) is 2.85. The van der Waals surface area contributed by atoms with Crippen molar-refractivity contribution in [2.24, 2.45) is 5.92 Å². The van der Waals surface area contributed by atoms with Gasteiger partial charge in [-0.25, -0.2) is 4.79 Å². The average molecular weight is 226 g/mol. The first kappa shape index (κ1) is 12.5. The number of nitrogens with one attached hydrogen (secondary N) is 1. The summed E-state index contributed by atoms with van der Waals surface area (Å²) in [5.74, 6) is 0.152. The molecular weight excluding hydrogens is 208 g/mol. The van der Waals surface area contributed by atoms with E-state index in [1.54, 1.807) is 0 Å². The number of piperazine rings is 1. The van der Waals surface area contributed by atoms with Gasteiger partial charge in [-0.3, -0.25) is 9.69 Å². The van der Waals surface area contributed by atoms with Crippen LogP contribution in [0.25, 0.3) is 0 Å². The van der Waals surface area contributed by atoms with Gasteiger partial charge in [0.1, 0.15) is 13.2 Å². The third-order valence-corrected chi connectivity index (χ3v) is 2.49. The molecule has 1 fully saturated rings. The van der Waals surface area contributed by atoms with Crippen molar-refractivity contribution in [2.75, 3.05) is 19.7 Å². The second-order valence-electron chi connectivity index (χ2n) is 4.16. The Morgan fingerprint density at radius 2 is 2.44 bits per heavy atom. The number of rotatable bonds is 3. The van der Waals surface area contributed by atoms with E-state index in [2.05, 4.69) is 11.9 Å². The predicted molar refractivity (Wildman–Crippen MR) is 59.9 cm³/mol. The first-order valence-corrected chi connectivity index (χ1v) is 5.36. The number of carbonyl (C=O) groups is 2. The van der Waals surface area contributed by atoms with Crippen LogP contribution in [0.2, 0.25) is 0 Å². The van der Waals surface area contributed by atoms with Gasteiger partial charge in [0.2, 0.25) is 5.91 Å². The molecule has 0 radical (unpaired) electrons. The molecule has 90 valence electrons. The van der Waals surface area contributed by atoms with E-state index in [0.717, 1.165) is 0 Å². The fourth-order valence-electron chi connectivity index (χ4n) is 1.51. The van der Waals surface area contributed by atoms with Crippen LogP contribution in [0.4, 0.5) is 4.79 Å². The minimum atomic E-state index is -0.458. The van der Waals surface area contributed by atoms with Crippen LogP contribution < -0.4 is 5.32 Å². The molecule has 1 rings (SSSR count). The number of hydrogen-bond acceptors (Lipinski definition) is 3. The van der Waals surface area contributed by atoms with E-state index in [1.807, 2.05) is 13.8 Å². The molecule has 0 aliphatic carbocycles. The van der Waals surface area contributed by atoms with Crippen LogP contribution in [0, 0.1) is 5.92 Å². The molecule has 5 nitrogen and oxygen atoms in total. The second-order valence-corrected chi connectivity index (χ2v) is 4.16. The topological polar surface area (TPSA) is 58.6 Å². The Morgan fingerprint density at radius 1 is 1.75 bits per heavy atom. The van der Waals surface area contributed by atoms with Gasteiger partial charge >= 0.3 is 6.09 Å². The van der Waals surface area contributed by atoms with Gasteiger partial charge in [0, 0.05) is 12.6 Å². The molecule has 1 aliphatic heterocycles. The number of ether oxygens (including phenoxy) is 1. The molecule has 5 heteroatoms. The lowest BCUT2D eigenvalue weighted by atomic mass is 10.0. The summed E-state index contributed by atoms with van der Waals surface area (Å²) in [6.45, 7) is 8.21. The first-order chi connectivity index (χ1) is 7.54. The lowest BCUT2D eigenvalue weighted by Crippen LogP contribution is -2.57. The minimum Gasteiger partial charge on any atom is -0.445 e. The zero-order valence-corrected chi connectivity index (χ0v) is 9.73. The van der Waals surface area contributed by atoms with E-state index in [1.165, 1.54) is 11.0 Å². The van der Waals surface area contributed by atoms with E-state index in [9.17, 15) is 9.59 Å². The Hall–Kier alpha value is -1.52. The smallest absolute Gasteiger partial charge is 0.410 e. The summed E-state index contributed by atoms with van der Waals surface area (Å²) < 4.78 is 4.90. The van der Waals surface area contributed by atoms with E-state index in [0.29, 0.717) is 12.5 Å². The van der Waals surface area contributed by atoms with Gasteiger partial charge < -0.3 is 10.1 Å². The Balaban J connectivity index is 2.56. The molecule has 16 heavy (non-hydrogen) atoms. The number of nitrogens with zero attached hydrogens (tertiary/aromatic N) is 1. The second kappa shape index (κ2) is 5.53.